The van der Waals surface area contributed by atoms with Crippen LogP contribution in [0.15, 0.2) is 18.2 Å². The Morgan fingerprint density at radius 1 is 1.22 bits per heavy atom. The molecule has 0 unspecified atom stereocenters. The highest BCUT2D eigenvalue weighted by atomic mass is 32.1. The van der Waals surface area contributed by atoms with Gasteiger partial charge in [0.25, 0.3) is 5.91 Å². The van der Waals surface area contributed by atoms with Gasteiger partial charge in [-0.05, 0) is 44.9 Å². The molecule has 0 saturated carbocycles. The Kier molecular flexibility index (Phi) is 4.43. The Morgan fingerprint density at radius 3 is 2.48 bits per heavy atom. The van der Waals surface area contributed by atoms with Crippen LogP contribution in [0.2, 0.25) is 0 Å². The van der Waals surface area contributed by atoms with Crippen molar-refractivity contribution in [3.8, 4) is 0 Å². The van der Waals surface area contributed by atoms with Crippen molar-refractivity contribution >= 4 is 17.2 Å². The van der Waals surface area contributed by atoms with Gasteiger partial charge < -0.3 is 4.90 Å². The minimum Gasteiger partial charge on any atom is -0.339 e. The molecule has 3 rings (SSSR count). The molecule has 1 amide bonds. The van der Waals surface area contributed by atoms with Gasteiger partial charge in [-0.3, -0.25) is 4.79 Å². The molecule has 1 saturated heterocycles. The summed E-state index contributed by atoms with van der Waals surface area (Å²) in [6, 6.07) is 3.30. The van der Waals surface area contributed by atoms with Gasteiger partial charge in [-0.15, -0.1) is 11.3 Å². The third-order valence-corrected chi connectivity index (χ3v) is 5.58. The lowest BCUT2D eigenvalue weighted by molar-refractivity contribution is 0.0712. The molecule has 0 aliphatic carbocycles. The molecule has 0 radical (unpaired) electrons. The fraction of sp³-hybridized carbons (Fsp3) is 0.412. The van der Waals surface area contributed by atoms with E-state index in [2.05, 4.69) is 11.9 Å². The number of carbonyl (C=O) groups excluding carboxylic acids is 1. The number of aromatic nitrogens is 1. The monoisotopic (exact) mass is 336 g/mol. The number of hydrogen-bond acceptors (Lipinski definition) is 3. The van der Waals surface area contributed by atoms with Gasteiger partial charge in [-0.25, -0.2) is 13.8 Å². The van der Waals surface area contributed by atoms with E-state index in [4.69, 9.17) is 0 Å². The van der Waals surface area contributed by atoms with Crippen molar-refractivity contribution in [3.05, 3.63) is 51.0 Å². The fourth-order valence-corrected chi connectivity index (χ4v) is 3.91. The molecule has 0 bridgehead atoms. The van der Waals surface area contributed by atoms with Crippen molar-refractivity contribution in [1.29, 1.82) is 0 Å². The summed E-state index contributed by atoms with van der Waals surface area (Å²) in [4.78, 5) is 19.9. The Balaban J connectivity index is 1.66. The summed E-state index contributed by atoms with van der Waals surface area (Å²) in [6.45, 7) is 5.30. The summed E-state index contributed by atoms with van der Waals surface area (Å²) in [5.41, 5.74) is 1.27. The van der Waals surface area contributed by atoms with Crippen molar-refractivity contribution in [1.82, 2.24) is 9.88 Å². The van der Waals surface area contributed by atoms with Crippen LogP contribution in [0.4, 0.5) is 8.78 Å². The zero-order chi connectivity index (χ0) is 16.6. The van der Waals surface area contributed by atoms with E-state index < -0.39 is 11.6 Å². The lowest BCUT2D eigenvalue weighted by Gasteiger charge is -2.31. The van der Waals surface area contributed by atoms with E-state index in [-0.39, 0.29) is 11.5 Å². The summed E-state index contributed by atoms with van der Waals surface area (Å²) in [5.74, 6) is -1.79. The van der Waals surface area contributed by atoms with Gasteiger partial charge in [0, 0.05) is 29.4 Å². The number of hydrogen-bond donors (Lipinski definition) is 0. The molecule has 1 aliphatic rings. The molecule has 1 aromatic carbocycles. The molecule has 3 nitrogen and oxygen atoms in total. The summed E-state index contributed by atoms with van der Waals surface area (Å²) >= 11 is 1.72. The van der Waals surface area contributed by atoms with Crippen LogP contribution in [0.3, 0.4) is 0 Å². The highest BCUT2D eigenvalue weighted by Gasteiger charge is 2.27. The van der Waals surface area contributed by atoms with Gasteiger partial charge >= 0.3 is 0 Å². The van der Waals surface area contributed by atoms with Crippen LogP contribution >= 0.6 is 11.3 Å². The van der Waals surface area contributed by atoms with Gasteiger partial charge in [0.05, 0.1) is 10.7 Å². The van der Waals surface area contributed by atoms with Gasteiger partial charge in [0.15, 0.2) is 11.6 Å². The summed E-state index contributed by atoms with van der Waals surface area (Å²) < 4.78 is 26.2. The van der Waals surface area contributed by atoms with Gasteiger partial charge in [-0.1, -0.05) is 0 Å². The van der Waals surface area contributed by atoms with E-state index in [1.807, 2.05) is 6.92 Å². The number of thiazole rings is 1. The molecule has 23 heavy (non-hydrogen) atoms. The summed E-state index contributed by atoms with van der Waals surface area (Å²) in [7, 11) is 0. The molecule has 1 fully saturated rings. The SMILES string of the molecule is Cc1nc(C2CCN(C(=O)c3ccc(F)c(F)c3)CC2)sc1C. The maximum absolute atomic E-state index is 13.3. The van der Waals surface area contributed by atoms with Gasteiger partial charge in [-0.2, -0.15) is 0 Å². The largest absolute Gasteiger partial charge is 0.339 e. The van der Waals surface area contributed by atoms with Crippen LogP contribution in [0, 0.1) is 25.5 Å². The van der Waals surface area contributed by atoms with E-state index in [0.717, 1.165) is 35.7 Å². The number of nitrogens with zero attached hydrogens (tertiary/aromatic N) is 2. The zero-order valence-corrected chi connectivity index (χ0v) is 13.9. The minimum absolute atomic E-state index is 0.197. The topological polar surface area (TPSA) is 33.2 Å². The second kappa shape index (κ2) is 6.35. The van der Waals surface area contributed by atoms with Gasteiger partial charge in [0.1, 0.15) is 0 Å². The number of rotatable bonds is 2. The first kappa shape index (κ1) is 16.1. The minimum atomic E-state index is -0.987. The average Bonchev–Trinajstić information content (AvgIpc) is 2.89. The Hall–Kier alpha value is -1.82. The molecular formula is C17H18F2N2OS. The second-order valence-electron chi connectivity index (χ2n) is 5.89. The van der Waals surface area contributed by atoms with Crippen molar-refractivity contribution in [2.45, 2.75) is 32.6 Å². The standard InChI is InChI=1S/C17H18F2N2OS/c1-10-11(2)23-16(20-10)12-5-7-21(8-6-12)17(22)13-3-4-14(18)15(19)9-13/h3-4,9,12H,5-8H2,1-2H3. The molecule has 0 spiro atoms. The van der Waals surface area contributed by atoms with Crippen molar-refractivity contribution in [2.24, 2.45) is 0 Å². The maximum atomic E-state index is 13.3. The van der Waals surface area contributed by atoms with E-state index in [1.54, 1.807) is 16.2 Å². The third-order valence-electron chi connectivity index (χ3n) is 4.34. The first-order valence-electron chi connectivity index (χ1n) is 7.64. The molecule has 1 aliphatic heterocycles. The quantitative estimate of drug-likeness (QED) is 0.829. The van der Waals surface area contributed by atoms with Crippen molar-refractivity contribution < 1.29 is 13.6 Å². The summed E-state index contributed by atoms with van der Waals surface area (Å²) in [6.07, 6.45) is 1.70. The molecule has 122 valence electrons. The smallest absolute Gasteiger partial charge is 0.253 e. The number of carbonyl (C=O) groups is 1. The Morgan fingerprint density at radius 2 is 1.91 bits per heavy atom. The number of likely N-dealkylation sites (tertiary alicyclic amines) is 1. The predicted molar refractivity (Wildman–Crippen MR) is 85.8 cm³/mol. The zero-order valence-electron chi connectivity index (χ0n) is 13.1. The highest BCUT2D eigenvalue weighted by molar-refractivity contribution is 7.11. The van der Waals surface area contributed by atoms with E-state index >= 15 is 0 Å². The number of aryl methyl sites for hydroxylation is 2. The lowest BCUT2D eigenvalue weighted by atomic mass is 9.97. The number of piperidine rings is 1. The molecule has 0 N–H and O–H groups in total. The van der Waals surface area contributed by atoms with E-state index in [9.17, 15) is 13.6 Å². The van der Waals surface area contributed by atoms with Crippen LogP contribution in [-0.2, 0) is 0 Å². The number of benzene rings is 1. The molecule has 6 heteroatoms. The van der Waals surface area contributed by atoms with Crippen molar-refractivity contribution in [3.63, 3.8) is 0 Å². The van der Waals surface area contributed by atoms with Crippen LogP contribution in [0.25, 0.3) is 0 Å². The fourth-order valence-electron chi connectivity index (χ4n) is 2.81. The second-order valence-corrected chi connectivity index (χ2v) is 7.12. The van der Waals surface area contributed by atoms with Crippen LogP contribution in [0.1, 0.15) is 44.7 Å². The third kappa shape index (κ3) is 3.27. The van der Waals surface area contributed by atoms with E-state index in [0.29, 0.717) is 19.0 Å². The predicted octanol–water partition coefficient (Wildman–Crippen LogP) is 4.06. The maximum Gasteiger partial charge on any atom is 0.253 e. The molecule has 0 atom stereocenters. The van der Waals surface area contributed by atoms with E-state index in [1.165, 1.54) is 10.9 Å². The lowest BCUT2D eigenvalue weighted by Crippen LogP contribution is -2.38. The Bertz CT molecular complexity index is 717. The highest BCUT2D eigenvalue weighted by Crippen LogP contribution is 2.32. The van der Waals surface area contributed by atoms with Crippen LogP contribution in [-0.4, -0.2) is 28.9 Å². The molecule has 1 aromatic heterocycles. The molecule has 2 heterocycles. The molecule has 2 aromatic rings. The molecular weight excluding hydrogens is 318 g/mol. The normalized spacial score (nSPS) is 15.9. The van der Waals surface area contributed by atoms with Crippen LogP contribution < -0.4 is 0 Å². The number of halogens is 2. The number of amides is 1. The Labute approximate surface area is 138 Å². The average molecular weight is 336 g/mol. The van der Waals surface area contributed by atoms with Crippen LogP contribution in [0.5, 0.6) is 0 Å². The van der Waals surface area contributed by atoms with Crippen molar-refractivity contribution in [2.75, 3.05) is 13.1 Å². The first-order chi connectivity index (χ1) is 11.0. The van der Waals surface area contributed by atoms with Gasteiger partial charge in [0.2, 0.25) is 0 Å². The first-order valence-corrected chi connectivity index (χ1v) is 8.45. The summed E-state index contributed by atoms with van der Waals surface area (Å²) in [5, 5.41) is 1.14.